The highest BCUT2D eigenvalue weighted by Crippen LogP contribution is 2.31. The van der Waals surface area contributed by atoms with E-state index in [-0.39, 0.29) is 37.4 Å². The minimum atomic E-state index is -0.859. The van der Waals surface area contributed by atoms with Crippen LogP contribution < -0.4 is 9.64 Å². The molecule has 0 bridgehead atoms. The van der Waals surface area contributed by atoms with Crippen molar-refractivity contribution in [3.8, 4) is 5.75 Å². The first-order valence-electron chi connectivity index (χ1n) is 8.53. The number of piperidine rings is 1. The van der Waals surface area contributed by atoms with Crippen LogP contribution in [0.25, 0.3) is 0 Å². The van der Waals surface area contributed by atoms with Gasteiger partial charge in [0.15, 0.2) is 6.61 Å². The summed E-state index contributed by atoms with van der Waals surface area (Å²) in [5.41, 5.74) is 0.668. The van der Waals surface area contributed by atoms with Gasteiger partial charge in [-0.25, -0.2) is 0 Å². The smallest absolute Gasteiger partial charge is 0.308 e. The normalized spacial score (nSPS) is 23.0. The summed E-state index contributed by atoms with van der Waals surface area (Å²) in [4.78, 5) is 39.3. The second-order valence-electron chi connectivity index (χ2n) is 6.47. The number of carboxylic acid groups (broad SMARTS) is 1. The summed E-state index contributed by atoms with van der Waals surface area (Å²) in [7, 11) is 0. The number of nitrogens with zero attached hydrogens (tertiary/aromatic N) is 2. The Kier molecular flexibility index (Phi) is 4.92. The Hall–Kier alpha value is -2.57. The van der Waals surface area contributed by atoms with Gasteiger partial charge in [-0.1, -0.05) is 12.1 Å². The van der Waals surface area contributed by atoms with Crippen LogP contribution in [0.5, 0.6) is 5.75 Å². The van der Waals surface area contributed by atoms with E-state index in [0.29, 0.717) is 30.8 Å². The largest absolute Gasteiger partial charge is 0.482 e. The van der Waals surface area contributed by atoms with E-state index in [1.165, 1.54) is 0 Å². The summed E-state index contributed by atoms with van der Waals surface area (Å²) in [5.74, 6) is -1.05. The molecule has 1 aromatic carbocycles. The van der Waals surface area contributed by atoms with Crippen LogP contribution in [0.2, 0.25) is 0 Å². The van der Waals surface area contributed by atoms with Crippen molar-refractivity contribution < 1.29 is 24.2 Å². The number of hydrogen-bond acceptors (Lipinski definition) is 4. The number of carbonyl (C=O) groups excluding carboxylic acids is 2. The van der Waals surface area contributed by atoms with Crippen molar-refractivity contribution in [2.24, 2.45) is 5.92 Å². The molecule has 1 aromatic rings. The summed E-state index contributed by atoms with van der Waals surface area (Å²) in [6.07, 6.45) is 1.44. The molecule has 0 saturated carbocycles. The number of carboxylic acids is 1. The number of para-hydroxylation sites is 2. The van der Waals surface area contributed by atoms with Gasteiger partial charge in [0.1, 0.15) is 5.75 Å². The van der Waals surface area contributed by atoms with E-state index >= 15 is 0 Å². The molecule has 2 heterocycles. The molecule has 0 spiro atoms. The van der Waals surface area contributed by atoms with Gasteiger partial charge in [0.25, 0.3) is 5.91 Å². The van der Waals surface area contributed by atoms with Gasteiger partial charge in [-0.15, -0.1) is 0 Å². The van der Waals surface area contributed by atoms with E-state index in [0.717, 1.165) is 0 Å². The van der Waals surface area contributed by atoms with Gasteiger partial charge in [-0.3, -0.25) is 14.4 Å². The van der Waals surface area contributed by atoms with E-state index in [9.17, 15) is 19.5 Å². The number of anilines is 1. The number of hydrogen-bond donors (Lipinski definition) is 1. The van der Waals surface area contributed by atoms with Crippen molar-refractivity contribution >= 4 is 23.5 Å². The predicted octanol–water partition coefficient (Wildman–Crippen LogP) is 1.51. The zero-order valence-corrected chi connectivity index (χ0v) is 14.2. The minimum absolute atomic E-state index is 0.0353. The average Bonchev–Trinajstić information content (AvgIpc) is 2.60. The number of likely N-dealkylation sites (tertiary alicyclic amines) is 1. The molecular formula is C18H22N2O5. The van der Waals surface area contributed by atoms with Gasteiger partial charge in [0, 0.05) is 25.6 Å². The highest BCUT2D eigenvalue weighted by Gasteiger charge is 2.35. The monoisotopic (exact) mass is 346 g/mol. The topological polar surface area (TPSA) is 87.2 Å². The molecule has 7 heteroatoms. The first-order chi connectivity index (χ1) is 12.0. The number of aliphatic carboxylic acids is 1. The molecule has 25 heavy (non-hydrogen) atoms. The molecule has 7 nitrogen and oxygen atoms in total. The maximum absolute atomic E-state index is 12.6. The lowest BCUT2D eigenvalue weighted by Gasteiger charge is -2.38. The first kappa shape index (κ1) is 17.3. The lowest BCUT2D eigenvalue weighted by atomic mass is 9.90. The van der Waals surface area contributed by atoms with Gasteiger partial charge in [0.05, 0.1) is 11.6 Å². The first-order valence-corrected chi connectivity index (χ1v) is 8.53. The molecule has 2 aliphatic rings. The Morgan fingerprint density at radius 3 is 2.84 bits per heavy atom. The van der Waals surface area contributed by atoms with Crippen molar-refractivity contribution in [2.45, 2.75) is 32.2 Å². The van der Waals surface area contributed by atoms with E-state index in [1.54, 1.807) is 28.9 Å². The molecule has 134 valence electrons. The number of benzene rings is 1. The predicted molar refractivity (Wildman–Crippen MR) is 90.4 cm³/mol. The van der Waals surface area contributed by atoms with Crippen molar-refractivity contribution in [1.29, 1.82) is 0 Å². The Balaban J connectivity index is 1.66. The Morgan fingerprint density at radius 1 is 1.32 bits per heavy atom. The van der Waals surface area contributed by atoms with Crippen LogP contribution in [0, 0.1) is 5.92 Å². The summed E-state index contributed by atoms with van der Waals surface area (Å²) < 4.78 is 5.39. The maximum Gasteiger partial charge on any atom is 0.308 e. The summed E-state index contributed by atoms with van der Waals surface area (Å²) in [5, 5.41) is 9.28. The van der Waals surface area contributed by atoms with Gasteiger partial charge >= 0.3 is 5.97 Å². The fraction of sp³-hybridized carbons (Fsp3) is 0.500. The maximum atomic E-state index is 12.6. The molecule has 0 aromatic heterocycles. The van der Waals surface area contributed by atoms with Crippen LogP contribution in [0.15, 0.2) is 24.3 Å². The Bertz CT molecular complexity index is 690. The molecule has 1 saturated heterocycles. The lowest BCUT2D eigenvalue weighted by molar-refractivity contribution is -0.149. The highest BCUT2D eigenvalue weighted by molar-refractivity contribution is 5.98. The van der Waals surface area contributed by atoms with Crippen molar-refractivity contribution in [3.63, 3.8) is 0 Å². The van der Waals surface area contributed by atoms with E-state index < -0.39 is 11.9 Å². The van der Waals surface area contributed by atoms with Crippen LogP contribution in [0.3, 0.4) is 0 Å². The molecule has 1 fully saturated rings. The van der Waals surface area contributed by atoms with Gasteiger partial charge in [-0.05, 0) is 31.9 Å². The molecule has 0 radical (unpaired) electrons. The molecule has 2 amide bonds. The Labute approximate surface area is 146 Å². The van der Waals surface area contributed by atoms with Crippen molar-refractivity contribution in [3.05, 3.63) is 24.3 Å². The van der Waals surface area contributed by atoms with Gasteiger partial charge in [-0.2, -0.15) is 0 Å². The van der Waals surface area contributed by atoms with Gasteiger partial charge in [0.2, 0.25) is 5.91 Å². The molecule has 0 aliphatic carbocycles. The third kappa shape index (κ3) is 3.45. The quantitative estimate of drug-likeness (QED) is 0.893. The van der Waals surface area contributed by atoms with E-state index in [2.05, 4.69) is 0 Å². The zero-order chi connectivity index (χ0) is 18.0. The Morgan fingerprint density at radius 2 is 2.08 bits per heavy atom. The third-order valence-corrected chi connectivity index (χ3v) is 4.98. The van der Waals surface area contributed by atoms with Crippen molar-refractivity contribution in [1.82, 2.24) is 4.90 Å². The van der Waals surface area contributed by atoms with Crippen LogP contribution in [0.1, 0.15) is 26.2 Å². The fourth-order valence-electron chi connectivity index (χ4n) is 3.58. The van der Waals surface area contributed by atoms with Crippen LogP contribution in [-0.2, 0) is 14.4 Å². The highest BCUT2D eigenvalue weighted by atomic mass is 16.5. The second kappa shape index (κ2) is 7.13. The van der Waals surface area contributed by atoms with E-state index in [4.69, 9.17) is 4.74 Å². The molecule has 0 unspecified atom stereocenters. The third-order valence-electron chi connectivity index (χ3n) is 4.98. The summed E-state index contributed by atoms with van der Waals surface area (Å²) >= 11 is 0. The molecule has 2 atom stereocenters. The van der Waals surface area contributed by atoms with Crippen LogP contribution >= 0.6 is 0 Å². The number of rotatable bonds is 4. The lowest BCUT2D eigenvalue weighted by Crippen LogP contribution is -2.50. The number of carbonyl (C=O) groups is 3. The SMILES string of the molecule is C[C@@H]1[C@H](C(=O)O)CCCN1C(=O)CCN1C(=O)COc2ccccc21. The molecule has 3 rings (SSSR count). The average molecular weight is 346 g/mol. The number of fused-ring (bicyclic) bond motifs is 1. The summed E-state index contributed by atoms with van der Waals surface area (Å²) in [6, 6.07) is 6.91. The van der Waals surface area contributed by atoms with Crippen LogP contribution in [-0.4, -0.2) is 53.5 Å². The standard InChI is InChI=1S/C18H22N2O5/c1-12-13(18(23)24)5-4-9-19(12)16(21)8-10-20-14-6-2-3-7-15(14)25-11-17(20)22/h2-3,6-7,12-13H,4-5,8-11H2,1H3,(H,23,24)/t12-,13-/m1/s1. The number of amides is 2. The zero-order valence-electron chi connectivity index (χ0n) is 14.2. The fourth-order valence-corrected chi connectivity index (χ4v) is 3.58. The number of ether oxygens (including phenoxy) is 1. The minimum Gasteiger partial charge on any atom is -0.482 e. The molecular weight excluding hydrogens is 324 g/mol. The van der Waals surface area contributed by atoms with Crippen molar-refractivity contribution in [2.75, 3.05) is 24.6 Å². The van der Waals surface area contributed by atoms with Gasteiger partial charge < -0.3 is 19.6 Å². The summed E-state index contributed by atoms with van der Waals surface area (Å²) in [6.45, 7) is 2.58. The van der Waals surface area contributed by atoms with Crippen LogP contribution in [0.4, 0.5) is 5.69 Å². The molecule has 1 N–H and O–H groups in total. The van der Waals surface area contributed by atoms with E-state index in [1.807, 2.05) is 12.1 Å². The second-order valence-corrected chi connectivity index (χ2v) is 6.47. The molecule has 2 aliphatic heterocycles.